The SMILES string of the molecule is COc1ccccc1N(C)S(=O)(=O)c1ccc(C(=O)N2CCC(n3cccc3)CC2)cc1. The number of hydrogen-bond donors (Lipinski definition) is 0. The Kier molecular flexibility index (Phi) is 6.23. The van der Waals surface area contributed by atoms with E-state index in [4.69, 9.17) is 4.74 Å². The highest BCUT2D eigenvalue weighted by atomic mass is 32.2. The minimum absolute atomic E-state index is 0.0713. The van der Waals surface area contributed by atoms with Crippen LogP contribution in [0.5, 0.6) is 5.75 Å². The van der Waals surface area contributed by atoms with E-state index in [2.05, 4.69) is 17.0 Å². The van der Waals surface area contributed by atoms with Crippen molar-refractivity contribution in [1.82, 2.24) is 9.47 Å². The van der Waals surface area contributed by atoms with Gasteiger partial charge in [-0.25, -0.2) is 8.42 Å². The van der Waals surface area contributed by atoms with E-state index in [9.17, 15) is 13.2 Å². The normalized spacial score (nSPS) is 14.9. The summed E-state index contributed by atoms with van der Waals surface area (Å²) in [6.45, 7) is 1.36. The van der Waals surface area contributed by atoms with Crippen LogP contribution < -0.4 is 9.04 Å². The molecule has 8 heteroatoms. The summed E-state index contributed by atoms with van der Waals surface area (Å²) in [5.74, 6) is 0.395. The minimum atomic E-state index is -3.80. The number of anilines is 1. The van der Waals surface area contributed by atoms with Gasteiger partial charge in [0.1, 0.15) is 5.75 Å². The summed E-state index contributed by atoms with van der Waals surface area (Å²) in [7, 11) is -0.810. The van der Waals surface area contributed by atoms with E-state index in [0.29, 0.717) is 36.1 Å². The molecule has 0 N–H and O–H groups in total. The van der Waals surface area contributed by atoms with Gasteiger partial charge >= 0.3 is 0 Å². The highest BCUT2D eigenvalue weighted by Crippen LogP contribution is 2.31. The lowest BCUT2D eigenvalue weighted by Crippen LogP contribution is -2.38. The molecule has 2 heterocycles. The molecule has 1 amide bonds. The zero-order chi connectivity index (χ0) is 22.7. The molecule has 0 aliphatic carbocycles. The molecule has 7 nitrogen and oxygen atoms in total. The van der Waals surface area contributed by atoms with Crippen LogP contribution in [0, 0.1) is 0 Å². The Hall–Kier alpha value is -3.26. The molecule has 0 spiro atoms. The lowest BCUT2D eigenvalue weighted by molar-refractivity contribution is 0.0694. The second kappa shape index (κ2) is 9.08. The van der Waals surface area contributed by atoms with Crippen LogP contribution in [-0.2, 0) is 10.0 Å². The summed E-state index contributed by atoms with van der Waals surface area (Å²) in [6, 6.07) is 17.5. The molecule has 2 aromatic carbocycles. The smallest absolute Gasteiger partial charge is 0.264 e. The maximum atomic E-state index is 13.1. The van der Waals surface area contributed by atoms with Gasteiger partial charge in [0.25, 0.3) is 15.9 Å². The van der Waals surface area contributed by atoms with Crippen LogP contribution in [0.4, 0.5) is 5.69 Å². The molecular formula is C24H27N3O4S. The number of carbonyl (C=O) groups is 1. The molecule has 0 saturated carbocycles. The second-order valence-electron chi connectivity index (χ2n) is 7.82. The molecule has 0 bridgehead atoms. The largest absolute Gasteiger partial charge is 0.495 e. The number of methoxy groups -OCH3 is 1. The number of hydrogen-bond acceptors (Lipinski definition) is 4. The van der Waals surface area contributed by atoms with Crippen LogP contribution in [0.2, 0.25) is 0 Å². The Labute approximate surface area is 188 Å². The number of carbonyl (C=O) groups excluding carboxylic acids is 1. The number of likely N-dealkylation sites (tertiary alicyclic amines) is 1. The fourth-order valence-corrected chi connectivity index (χ4v) is 5.29. The maximum absolute atomic E-state index is 13.1. The highest BCUT2D eigenvalue weighted by molar-refractivity contribution is 7.92. The summed E-state index contributed by atoms with van der Waals surface area (Å²) >= 11 is 0. The number of para-hydroxylation sites is 2. The summed E-state index contributed by atoms with van der Waals surface area (Å²) in [5.41, 5.74) is 0.934. The van der Waals surface area contributed by atoms with Gasteiger partial charge in [-0.15, -0.1) is 0 Å². The Balaban J connectivity index is 1.46. The molecule has 1 saturated heterocycles. The van der Waals surface area contributed by atoms with Crippen LogP contribution in [0.3, 0.4) is 0 Å². The number of ether oxygens (including phenoxy) is 1. The number of aromatic nitrogens is 1. The predicted molar refractivity (Wildman–Crippen MR) is 124 cm³/mol. The van der Waals surface area contributed by atoms with E-state index in [0.717, 1.165) is 12.8 Å². The van der Waals surface area contributed by atoms with E-state index in [-0.39, 0.29) is 10.8 Å². The average Bonchev–Trinajstić information content (AvgIpc) is 3.38. The fourth-order valence-electron chi connectivity index (χ4n) is 4.09. The van der Waals surface area contributed by atoms with Crippen molar-refractivity contribution >= 4 is 21.6 Å². The van der Waals surface area contributed by atoms with Crippen molar-refractivity contribution in [3.05, 3.63) is 78.6 Å². The zero-order valence-electron chi connectivity index (χ0n) is 18.2. The molecular weight excluding hydrogens is 426 g/mol. The molecule has 0 unspecified atom stereocenters. The monoisotopic (exact) mass is 453 g/mol. The number of benzene rings is 2. The molecule has 0 atom stereocenters. The van der Waals surface area contributed by atoms with Gasteiger partial charge in [0.15, 0.2) is 0 Å². The van der Waals surface area contributed by atoms with Gasteiger partial charge in [0.2, 0.25) is 0 Å². The lowest BCUT2D eigenvalue weighted by Gasteiger charge is -2.33. The molecule has 1 aromatic heterocycles. The maximum Gasteiger partial charge on any atom is 0.264 e. The van der Waals surface area contributed by atoms with Gasteiger partial charge < -0.3 is 14.2 Å². The van der Waals surface area contributed by atoms with E-state index in [1.807, 2.05) is 17.0 Å². The third-order valence-corrected chi connectivity index (χ3v) is 7.77. The Bertz CT molecular complexity index is 1170. The minimum Gasteiger partial charge on any atom is -0.495 e. The number of rotatable bonds is 6. The van der Waals surface area contributed by atoms with Gasteiger partial charge in [0.05, 0.1) is 17.7 Å². The van der Waals surface area contributed by atoms with Crippen molar-refractivity contribution in [3.63, 3.8) is 0 Å². The summed E-state index contributed by atoms with van der Waals surface area (Å²) < 4.78 is 34.9. The molecule has 168 valence electrons. The quantitative estimate of drug-likeness (QED) is 0.569. The summed E-state index contributed by atoms with van der Waals surface area (Å²) in [6.07, 6.45) is 5.92. The Morgan fingerprint density at radius 1 is 0.969 bits per heavy atom. The molecule has 0 radical (unpaired) electrons. The van der Waals surface area contributed by atoms with Crippen LogP contribution >= 0.6 is 0 Å². The first kappa shape index (κ1) is 22.0. The van der Waals surface area contributed by atoms with Gasteiger partial charge in [-0.2, -0.15) is 0 Å². The van der Waals surface area contributed by atoms with E-state index in [1.54, 1.807) is 36.4 Å². The van der Waals surface area contributed by atoms with Crippen LogP contribution in [0.15, 0.2) is 78.0 Å². The van der Waals surface area contributed by atoms with Crippen molar-refractivity contribution in [3.8, 4) is 5.75 Å². The van der Waals surface area contributed by atoms with Crippen molar-refractivity contribution in [1.29, 1.82) is 0 Å². The van der Waals surface area contributed by atoms with Gasteiger partial charge in [0, 0.05) is 44.1 Å². The van der Waals surface area contributed by atoms with Crippen molar-refractivity contribution in [2.24, 2.45) is 0 Å². The lowest BCUT2D eigenvalue weighted by atomic mass is 10.0. The van der Waals surface area contributed by atoms with E-state index >= 15 is 0 Å². The zero-order valence-corrected chi connectivity index (χ0v) is 19.0. The van der Waals surface area contributed by atoms with Crippen molar-refractivity contribution in [2.45, 2.75) is 23.8 Å². The molecule has 4 rings (SSSR count). The highest BCUT2D eigenvalue weighted by Gasteiger charge is 2.26. The third kappa shape index (κ3) is 4.23. The average molecular weight is 454 g/mol. The van der Waals surface area contributed by atoms with Crippen LogP contribution in [0.1, 0.15) is 29.2 Å². The number of amides is 1. The van der Waals surface area contributed by atoms with E-state index in [1.165, 1.54) is 30.6 Å². The van der Waals surface area contributed by atoms with E-state index < -0.39 is 10.0 Å². The summed E-state index contributed by atoms with van der Waals surface area (Å²) in [4.78, 5) is 14.9. The van der Waals surface area contributed by atoms with Gasteiger partial charge in [-0.05, 0) is 61.4 Å². The molecule has 1 aliphatic rings. The predicted octanol–water partition coefficient (Wildman–Crippen LogP) is 3.80. The Morgan fingerprint density at radius 2 is 1.59 bits per heavy atom. The van der Waals surface area contributed by atoms with Gasteiger partial charge in [-0.3, -0.25) is 9.10 Å². The molecule has 1 fully saturated rings. The van der Waals surface area contributed by atoms with Crippen molar-refractivity contribution < 1.29 is 17.9 Å². The van der Waals surface area contributed by atoms with Crippen LogP contribution in [0.25, 0.3) is 0 Å². The van der Waals surface area contributed by atoms with Crippen LogP contribution in [-0.4, -0.2) is 51.0 Å². The Morgan fingerprint density at radius 3 is 2.22 bits per heavy atom. The number of sulfonamides is 1. The summed E-state index contributed by atoms with van der Waals surface area (Å²) in [5, 5.41) is 0. The van der Waals surface area contributed by atoms with Crippen molar-refractivity contribution in [2.75, 3.05) is 31.6 Å². The first-order chi connectivity index (χ1) is 15.4. The third-order valence-electron chi connectivity index (χ3n) is 5.98. The number of nitrogens with zero attached hydrogens (tertiary/aromatic N) is 3. The molecule has 3 aromatic rings. The topological polar surface area (TPSA) is 71.8 Å². The first-order valence-corrected chi connectivity index (χ1v) is 12.0. The first-order valence-electron chi connectivity index (χ1n) is 10.6. The number of piperidine rings is 1. The molecule has 32 heavy (non-hydrogen) atoms. The molecule has 1 aliphatic heterocycles. The fraction of sp³-hybridized carbons (Fsp3) is 0.292. The second-order valence-corrected chi connectivity index (χ2v) is 9.79. The standard InChI is InChI=1S/C24H27N3O4S/c1-25(22-7-3-4-8-23(22)31-2)32(29,30)21-11-9-19(10-12-21)24(28)27-17-13-20(14-18-27)26-15-5-6-16-26/h3-12,15-16,20H,13-14,17-18H2,1-2H3. The van der Waals surface area contributed by atoms with Gasteiger partial charge in [-0.1, -0.05) is 12.1 Å².